The normalized spacial score (nSPS) is 11.9. The highest BCUT2D eigenvalue weighted by Crippen LogP contribution is 2.22. The molecule has 4 aromatic heterocycles. The van der Waals surface area contributed by atoms with Crippen LogP contribution in [0.15, 0.2) is 32.4 Å². The summed E-state index contributed by atoms with van der Waals surface area (Å²) in [7, 11) is 1.66. The molecule has 0 unspecified atom stereocenters. The smallest absolute Gasteiger partial charge is 0.332 e. The van der Waals surface area contributed by atoms with Gasteiger partial charge in [-0.25, -0.2) is 4.79 Å². The molecule has 0 spiro atoms. The molecule has 0 amide bonds. The Balaban J connectivity index is 2.06. The van der Waals surface area contributed by atoms with Gasteiger partial charge in [-0.05, 0) is 32.4 Å². The molecule has 8 nitrogen and oxygen atoms in total. The van der Waals surface area contributed by atoms with Crippen molar-refractivity contribution in [3.05, 3.63) is 56.4 Å². The number of hydrogen-bond acceptors (Lipinski definition) is 4. The van der Waals surface area contributed by atoms with Crippen molar-refractivity contribution >= 4 is 16.9 Å². The third-order valence-electron chi connectivity index (χ3n) is 5.26. The van der Waals surface area contributed by atoms with Crippen molar-refractivity contribution in [3.8, 4) is 0 Å². The fourth-order valence-electron chi connectivity index (χ4n) is 3.58. The molecule has 0 aromatic carbocycles. The Labute approximate surface area is 155 Å². The number of fused-ring (bicyclic) bond motifs is 3. The molecule has 0 saturated heterocycles. The van der Waals surface area contributed by atoms with Gasteiger partial charge in [-0.15, -0.1) is 0 Å². The van der Waals surface area contributed by atoms with E-state index in [2.05, 4.69) is 4.98 Å². The van der Waals surface area contributed by atoms with Gasteiger partial charge >= 0.3 is 5.69 Å². The highest BCUT2D eigenvalue weighted by molar-refractivity contribution is 5.76. The first kappa shape index (κ1) is 17.4. The van der Waals surface area contributed by atoms with Gasteiger partial charge in [-0.2, -0.15) is 4.98 Å². The minimum Gasteiger partial charge on any atom is -0.467 e. The average molecular weight is 369 g/mol. The van der Waals surface area contributed by atoms with E-state index in [1.54, 1.807) is 13.3 Å². The number of imidazole rings is 2. The predicted molar refractivity (Wildman–Crippen MR) is 102 cm³/mol. The van der Waals surface area contributed by atoms with Crippen molar-refractivity contribution in [2.24, 2.45) is 7.05 Å². The van der Waals surface area contributed by atoms with Gasteiger partial charge in [0.25, 0.3) is 5.56 Å². The Hall–Kier alpha value is -3.03. The van der Waals surface area contributed by atoms with Crippen molar-refractivity contribution in [1.82, 2.24) is 23.1 Å². The molecule has 142 valence electrons. The van der Waals surface area contributed by atoms with Crippen molar-refractivity contribution < 1.29 is 4.42 Å². The molecule has 0 radical (unpaired) electrons. The molecule has 0 bridgehead atoms. The predicted octanol–water partition coefficient (Wildman–Crippen LogP) is 2.21. The number of rotatable bonds is 5. The van der Waals surface area contributed by atoms with Crippen LogP contribution >= 0.6 is 0 Å². The molecule has 0 N–H and O–H groups in total. The molecule has 0 atom stereocenters. The van der Waals surface area contributed by atoms with Gasteiger partial charge in [0.15, 0.2) is 11.2 Å². The van der Waals surface area contributed by atoms with Crippen LogP contribution in [-0.4, -0.2) is 23.1 Å². The van der Waals surface area contributed by atoms with E-state index in [-0.39, 0.29) is 11.2 Å². The number of hydrogen-bond donors (Lipinski definition) is 0. The van der Waals surface area contributed by atoms with Gasteiger partial charge in [0.1, 0.15) is 5.76 Å². The third-order valence-corrected chi connectivity index (χ3v) is 5.26. The second-order valence-corrected chi connectivity index (χ2v) is 6.91. The summed E-state index contributed by atoms with van der Waals surface area (Å²) in [5.74, 6) is 1.44. The number of furan rings is 1. The first-order valence-electron chi connectivity index (χ1n) is 9.15. The second kappa shape index (κ2) is 6.29. The van der Waals surface area contributed by atoms with E-state index in [4.69, 9.17) is 4.42 Å². The lowest BCUT2D eigenvalue weighted by Crippen LogP contribution is -2.39. The van der Waals surface area contributed by atoms with Crippen molar-refractivity contribution in [2.45, 2.75) is 46.7 Å². The number of aromatic nitrogens is 5. The Morgan fingerprint density at radius 3 is 2.59 bits per heavy atom. The van der Waals surface area contributed by atoms with Crippen LogP contribution in [0.2, 0.25) is 0 Å². The summed E-state index contributed by atoms with van der Waals surface area (Å²) < 4.78 is 12.1. The van der Waals surface area contributed by atoms with Gasteiger partial charge in [-0.1, -0.05) is 13.3 Å². The van der Waals surface area contributed by atoms with Crippen LogP contribution in [0.3, 0.4) is 0 Å². The summed E-state index contributed by atoms with van der Waals surface area (Å²) in [6, 6.07) is 3.75. The Bertz CT molecular complexity index is 1250. The standard InChI is InChI=1S/C19H23N5O3/c1-5-6-9-22-17(25)15-16(21(4)19(22)26)20-18-23(11-14-8-7-10-27-14)12(2)13(3)24(15)18/h7-8,10H,5-6,9,11H2,1-4H3. The quantitative estimate of drug-likeness (QED) is 0.540. The lowest BCUT2D eigenvalue weighted by Gasteiger charge is -2.07. The van der Waals surface area contributed by atoms with E-state index >= 15 is 0 Å². The number of nitrogens with zero attached hydrogens (tertiary/aromatic N) is 5. The van der Waals surface area contributed by atoms with Crippen molar-refractivity contribution in [3.63, 3.8) is 0 Å². The zero-order valence-electron chi connectivity index (χ0n) is 16.0. The molecular weight excluding hydrogens is 346 g/mol. The van der Waals surface area contributed by atoms with Crippen LogP contribution in [-0.2, 0) is 20.1 Å². The molecule has 0 fully saturated rings. The number of unbranched alkanes of at least 4 members (excludes halogenated alkanes) is 1. The van der Waals surface area contributed by atoms with Crippen LogP contribution in [0, 0.1) is 13.8 Å². The van der Waals surface area contributed by atoms with Crippen LogP contribution in [0.5, 0.6) is 0 Å². The maximum Gasteiger partial charge on any atom is 0.332 e. The first-order chi connectivity index (χ1) is 13.0. The largest absolute Gasteiger partial charge is 0.467 e. The topological polar surface area (TPSA) is 79.4 Å². The van der Waals surface area contributed by atoms with E-state index in [9.17, 15) is 9.59 Å². The Kier molecular flexibility index (Phi) is 4.05. The molecule has 8 heteroatoms. The highest BCUT2D eigenvalue weighted by atomic mass is 16.3. The summed E-state index contributed by atoms with van der Waals surface area (Å²) in [5.41, 5.74) is 2.17. The fourth-order valence-corrected chi connectivity index (χ4v) is 3.58. The molecule has 27 heavy (non-hydrogen) atoms. The molecule has 4 aromatic rings. The summed E-state index contributed by atoms with van der Waals surface area (Å²) in [5, 5.41) is 0. The van der Waals surface area contributed by atoms with Gasteiger partial charge in [0.2, 0.25) is 5.78 Å². The van der Waals surface area contributed by atoms with E-state index < -0.39 is 0 Å². The summed E-state index contributed by atoms with van der Waals surface area (Å²) >= 11 is 0. The fraction of sp³-hybridized carbons (Fsp3) is 0.421. The van der Waals surface area contributed by atoms with E-state index in [0.29, 0.717) is 30.0 Å². The van der Waals surface area contributed by atoms with Crippen LogP contribution < -0.4 is 11.2 Å². The average Bonchev–Trinajstić information content (AvgIpc) is 3.35. The van der Waals surface area contributed by atoms with Crippen molar-refractivity contribution in [2.75, 3.05) is 0 Å². The highest BCUT2D eigenvalue weighted by Gasteiger charge is 2.22. The van der Waals surface area contributed by atoms with Gasteiger partial charge in [-0.3, -0.25) is 18.3 Å². The molecule has 4 rings (SSSR count). The molecule has 0 aliphatic rings. The molecule has 0 aliphatic carbocycles. The van der Waals surface area contributed by atoms with Gasteiger partial charge < -0.3 is 8.98 Å². The Morgan fingerprint density at radius 1 is 1.15 bits per heavy atom. The third kappa shape index (κ3) is 2.47. The summed E-state index contributed by atoms with van der Waals surface area (Å²) in [6.07, 6.45) is 3.32. The van der Waals surface area contributed by atoms with Gasteiger partial charge in [0.05, 0.1) is 12.8 Å². The molecule has 4 heterocycles. The minimum absolute atomic E-state index is 0.285. The SMILES string of the molecule is CCCCn1c(=O)c2c(nc3n(Cc4ccco4)c(C)c(C)n23)n(C)c1=O. The maximum atomic E-state index is 13.1. The Morgan fingerprint density at radius 2 is 1.93 bits per heavy atom. The van der Waals surface area contributed by atoms with Crippen molar-refractivity contribution in [1.29, 1.82) is 0 Å². The minimum atomic E-state index is -0.325. The summed E-state index contributed by atoms with van der Waals surface area (Å²) in [4.78, 5) is 30.4. The maximum absolute atomic E-state index is 13.1. The van der Waals surface area contributed by atoms with Crippen LogP contribution in [0.25, 0.3) is 16.9 Å². The van der Waals surface area contributed by atoms with E-state index in [1.165, 1.54) is 9.13 Å². The van der Waals surface area contributed by atoms with Crippen LogP contribution in [0.1, 0.15) is 36.9 Å². The van der Waals surface area contributed by atoms with E-state index in [1.807, 2.05) is 41.9 Å². The first-order valence-corrected chi connectivity index (χ1v) is 9.15. The molecule has 0 saturated carbocycles. The van der Waals surface area contributed by atoms with E-state index in [0.717, 1.165) is 30.0 Å². The zero-order valence-corrected chi connectivity index (χ0v) is 16.0. The zero-order chi connectivity index (χ0) is 19.3. The van der Waals surface area contributed by atoms with Crippen LogP contribution in [0.4, 0.5) is 0 Å². The lowest BCUT2D eigenvalue weighted by atomic mass is 10.3. The monoisotopic (exact) mass is 369 g/mol. The molecular formula is C19H23N5O3. The molecule has 0 aliphatic heterocycles. The summed E-state index contributed by atoms with van der Waals surface area (Å²) in [6.45, 7) is 6.92. The second-order valence-electron chi connectivity index (χ2n) is 6.91. The van der Waals surface area contributed by atoms with Gasteiger partial charge in [0, 0.05) is 25.0 Å². The number of aryl methyl sites for hydroxylation is 2. The lowest BCUT2D eigenvalue weighted by molar-refractivity contribution is 0.494.